The minimum atomic E-state index is -0.224. The van der Waals surface area contributed by atoms with Crippen molar-refractivity contribution in [2.45, 2.75) is 32.0 Å². The summed E-state index contributed by atoms with van der Waals surface area (Å²) in [7, 11) is 0. The summed E-state index contributed by atoms with van der Waals surface area (Å²) < 4.78 is 18.0. The number of fused-ring (bicyclic) bond motifs is 1. The van der Waals surface area contributed by atoms with Gasteiger partial charge in [0.15, 0.2) is 5.76 Å². The number of amides is 1. The lowest BCUT2D eigenvalue weighted by molar-refractivity contribution is 0.0680. The molecule has 0 spiro atoms. The first-order chi connectivity index (χ1) is 17.7. The van der Waals surface area contributed by atoms with Gasteiger partial charge in [-0.25, -0.2) is 0 Å². The van der Waals surface area contributed by atoms with Gasteiger partial charge >= 0.3 is 0 Å². The molecule has 5 aromatic rings. The van der Waals surface area contributed by atoms with Gasteiger partial charge in [-0.15, -0.1) is 10.2 Å². The Bertz CT molecular complexity index is 1520. The Morgan fingerprint density at radius 2 is 1.69 bits per heavy atom. The predicted octanol–water partition coefficient (Wildman–Crippen LogP) is 6.52. The summed E-state index contributed by atoms with van der Waals surface area (Å²) in [5.74, 6) is 1.42. The molecule has 36 heavy (non-hydrogen) atoms. The molecule has 0 bridgehead atoms. The Hall–Kier alpha value is -4.10. The second-order valence-corrected chi connectivity index (χ2v) is 9.06. The molecule has 0 saturated heterocycles. The average Bonchev–Trinajstić information content (AvgIpc) is 3.53. The average molecular weight is 500 g/mol. The van der Waals surface area contributed by atoms with Gasteiger partial charge < -0.3 is 18.5 Å². The van der Waals surface area contributed by atoms with Crippen LogP contribution in [0.5, 0.6) is 5.75 Å². The van der Waals surface area contributed by atoms with E-state index in [9.17, 15) is 4.79 Å². The summed E-state index contributed by atoms with van der Waals surface area (Å²) in [5, 5.41) is 9.70. The minimum absolute atomic E-state index is 0.0873. The van der Waals surface area contributed by atoms with Crippen LogP contribution in [0.15, 0.2) is 87.7 Å². The molecule has 3 aromatic carbocycles. The van der Waals surface area contributed by atoms with E-state index < -0.39 is 0 Å². The third kappa shape index (κ3) is 4.45. The Balaban J connectivity index is 1.29. The van der Waals surface area contributed by atoms with Gasteiger partial charge in [-0.1, -0.05) is 60.1 Å². The smallest absolute Gasteiger partial charge is 0.290 e. The van der Waals surface area contributed by atoms with Crippen molar-refractivity contribution < 1.29 is 18.4 Å². The predicted molar refractivity (Wildman–Crippen MR) is 135 cm³/mol. The van der Waals surface area contributed by atoms with E-state index in [4.69, 9.17) is 25.2 Å². The number of ether oxygens (including phenoxy) is 1. The number of hydrogen-bond acceptors (Lipinski definition) is 6. The molecule has 6 rings (SSSR count). The van der Waals surface area contributed by atoms with Crippen molar-refractivity contribution in [3.8, 4) is 17.2 Å². The fraction of sp³-hybridized carbons (Fsp3) is 0.179. The number of halogens is 1. The van der Waals surface area contributed by atoms with Gasteiger partial charge in [-0.3, -0.25) is 4.79 Å². The molecule has 7 nitrogen and oxygen atoms in total. The summed E-state index contributed by atoms with van der Waals surface area (Å²) in [6, 6.07) is 24.5. The second kappa shape index (κ2) is 9.51. The molecule has 0 radical (unpaired) electrons. The number of hydrogen-bond donors (Lipinski definition) is 0. The molecule has 2 aromatic heterocycles. The van der Waals surface area contributed by atoms with Gasteiger partial charge in [-0.2, -0.15) is 0 Å². The van der Waals surface area contributed by atoms with Crippen LogP contribution < -0.4 is 4.74 Å². The van der Waals surface area contributed by atoms with Crippen molar-refractivity contribution in [3.63, 3.8) is 0 Å². The maximum Gasteiger partial charge on any atom is 0.290 e. The van der Waals surface area contributed by atoms with E-state index in [-0.39, 0.29) is 30.9 Å². The molecule has 0 unspecified atom stereocenters. The molecule has 1 amide bonds. The highest BCUT2D eigenvalue weighted by atomic mass is 35.5. The molecule has 180 valence electrons. The lowest BCUT2D eigenvalue weighted by Gasteiger charge is -2.20. The third-order valence-electron chi connectivity index (χ3n) is 6.14. The van der Waals surface area contributed by atoms with Crippen LogP contribution in [0.2, 0.25) is 5.02 Å². The summed E-state index contributed by atoms with van der Waals surface area (Å²) in [4.78, 5) is 15.6. The monoisotopic (exact) mass is 499 g/mol. The van der Waals surface area contributed by atoms with Crippen LogP contribution in [-0.4, -0.2) is 27.0 Å². The van der Waals surface area contributed by atoms with E-state index in [2.05, 4.69) is 10.2 Å². The fourth-order valence-corrected chi connectivity index (χ4v) is 4.39. The summed E-state index contributed by atoms with van der Waals surface area (Å²) in [6.45, 7) is 0.384. The zero-order valence-electron chi connectivity index (χ0n) is 19.3. The number of aromatic nitrogens is 2. The van der Waals surface area contributed by atoms with E-state index in [1.807, 2.05) is 72.8 Å². The normalized spacial score (nSPS) is 13.1. The van der Waals surface area contributed by atoms with Crippen molar-refractivity contribution in [2.75, 3.05) is 0 Å². The van der Waals surface area contributed by atoms with Crippen LogP contribution in [0.1, 0.15) is 34.9 Å². The van der Waals surface area contributed by atoms with Crippen molar-refractivity contribution in [2.24, 2.45) is 0 Å². The van der Waals surface area contributed by atoms with Gasteiger partial charge in [0.2, 0.25) is 11.8 Å². The Morgan fingerprint density at radius 3 is 2.50 bits per heavy atom. The zero-order chi connectivity index (χ0) is 24.5. The van der Waals surface area contributed by atoms with Gasteiger partial charge in [0.05, 0.1) is 17.1 Å². The summed E-state index contributed by atoms with van der Waals surface area (Å²) in [6.07, 6.45) is 1.82. The van der Waals surface area contributed by atoms with Crippen LogP contribution in [0.25, 0.3) is 22.4 Å². The lowest BCUT2D eigenvalue weighted by Crippen LogP contribution is -2.33. The van der Waals surface area contributed by atoms with Crippen LogP contribution >= 0.6 is 11.6 Å². The Morgan fingerprint density at radius 1 is 0.944 bits per heavy atom. The number of carbonyl (C=O) groups is 1. The first kappa shape index (κ1) is 22.4. The first-order valence-electron chi connectivity index (χ1n) is 11.7. The van der Waals surface area contributed by atoms with E-state index in [0.29, 0.717) is 33.5 Å². The zero-order valence-corrected chi connectivity index (χ0v) is 20.0. The number of nitrogens with zero attached hydrogens (tertiary/aromatic N) is 3. The molecule has 8 heteroatoms. The van der Waals surface area contributed by atoms with E-state index in [1.165, 1.54) is 0 Å². The Labute approximate surface area is 212 Å². The van der Waals surface area contributed by atoms with E-state index in [1.54, 1.807) is 11.0 Å². The van der Waals surface area contributed by atoms with Gasteiger partial charge in [0.25, 0.3) is 5.91 Å². The number of para-hydroxylation sites is 2. The molecular weight excluding hydrogens is 478 g/mol. The van der Waals surface area contributed by atoms with Crippen LogP contribution in [-0.2, 0) is 13.2 Å². The quantitative estimate of drug-likeness (QED) is 0.242. The van der Waals surface area contributed by atoms with Crippen LogP contribution in [0.4, 0.5) is 0 Å². The van der Waals surface area contributed by atoms with E-state index >= 15 is 0 Å². The molecule has 1 saturated carbocycles. The van der Waals surface area contributed by atoms with Gasteiger partial charge in [-0.05, 0) is 43.2 Å². The number of carbonyl (C=O) groups excluding carboxylic acids is 1. The summed E-state index contributed by atoms with van der Waals surface area (Å²) in [5.41, 5.74) is 2.01. The largest absolute Gasteiger partial charge is 0.489 e. The molecule has 1 aliphatic rings. The van der Waals surface area contributed by atoms with Crippen molar-refractivity contribution in [1.82, 2.24) is 15.1 Å². The molecule has 0 aliphatic heterocycles. The SMILES string of the molecule is O=C(c1oc2ccccc2c1COc1ccccc1)N(Cc1nnc(-c2ccccc2Cl)o1)C1CC1. The second-order valence-electron chi connectivity index (χ2n) is 8.65. The van der Waals surface area contributed by atoms with Gasteiger partial charge in [0.1, 0.15) is 17.9 Å². The standard InChI is InChI=1S/C28H22ClN3O4/c29-23-12-6-4-11-21(23)27-31-30-25(36-27)16-32(18-14-15-18)28(33)26-22(17-34-19-8-2-1-3-9-19)20-10-5-7-13-24(20)35-26/h1-13,18H,14-17H2. The van der Waals surface area contributed by atoms with E-state index in [0.717, 1.165) is 24.0 Å². The highest BCUT2D eigenvalue weighted by Crippen LogP contribution is 2.34. The maximum atomic E-state index is 13.8. The summed E-state index contributed by atoms with van der Waals surface area (Å²) >= 11 is 6.28. The number of benzene rings is 3. The topological polar surface area (TPSA) is 81.6 Å². The number of rotatable bonds is 8. The first-order valence-corrected chi connectivity index (χ1v) is 12.1. The van der Waals surface area contributed by atoms with Gasteiger partial charge in [0, 0.05) is 17.0 Å². The van der Waals surface area contributed by atoms with Crippen LogP contribution in [0.3, 0.4) is 0 Å². The van der Waals surface area contributed by atoms with Crippen molar-refractivity contribution in [3.05, 3.63) is 101 Å². The Kier molecular flexibility index (Phi) is 5.91. The minimum Gasteiger partial charge on any atom is -0.489 e. The highest BCUT2D eigenvalue weighted by Gasteiger charge is 2.37. The van der Waals surface area contributed by atoms with Crippen LogP contribution in [0, 0.1) is 0 Å². The van der Waals surface area contributed by atoms with Crippen molar-refractivity contribution in [1.29, 1.82) is 0 Å². The molecule has 0 N–H and O–H groups in total. The molecular formula is C28H22ClN3O4. The third-order valence-corrected chi connectivity index (χ3v) is 6.47. The van der Waals surface area contributed by atoms with Crippen molar-refractivity contribution >= 4 is 28.5 Å². The highest BCUT2D eigenvalue weighted by molar-refractivity contribution is 6.33. The molecule has 0 atom stereocenters. The number of furan rings is 1. The fourth-order valence-electron chi connectivity index (χ4n) is 4.18. The molecule has 1 aliphatic carbocycles. The molecule has 1 fully saturated rings. The molecule has 2 heterocycles. The maximum absolute atomic E-state index is 13.8. The lowest BCUT2D eigenvalue weighted by atomic mass is 10.1.